The molecule has 0 fully saturated rings. The van der Waals surface area contributed by atoms with Gasteiger partial charge in [0.25, 0.3) is 0 Å². The summed E-state index contributed by atoms with van der Waals surface area (Å²) in [6.45, 7) is 4.22. The van der Waals surface area contributed by atoms with Gasteiger partial charge < -0.3 is 4.74 Å². The zero-order chi connectivity index (χ0) is 17.7. The van der Waals surface area contributed by atoms with Crippen LogP contribution in [0, 0.1) is 6.92 Å². The van der Waals surface area contributed by atoms with E-state index in [4.69, 9.17) is 4.74 Å². The first kappa shape index (κ1) is 18.0. The standard InChI is InChI=1S/C18H21NO4S/c1-4-23-18(20)15-9-11-17(12-10-15)19(24(3,21)22)13-16-8-6-5-7-14(16)2/h5-12H,4,13H2,1-3H3. The smallest absolute Gasteiger partial charge is 0.338 e. The molecule has 0 aliphatic rings. The Morgan fingerprint density at radius 2 is 1.71 bits per heavy atom. The molecular weight excluding hydrogens is 326 g/mol. The monoisotopic (exact) mass is 347 g/mol. The number of carbonyl (C=O) groups is 1. The predicted molar refractivity (Wildman–Crippen MR) is 94.6 cm³/mol. The number of esters is 1. The molecular formula is C18H21NO4S. The normalized spacial score (nSPS) is 11.1. The maximum Gasteiger partial charge on any atom is 0.338 e. The molecule has 128 valence electrons. The number of hydrogen-bond donors (Lipinski definition) is 0. The fourth-order valence-corrected chi connectivity index (χ4v) is 3.20. The molecule has 0 bridgehead atoms. The summed E-state index contributed by atoms with van der Waals surface area (Å²) < 4.78 is 30.7. The molecule has 0 saturated heterocycles. The summed E-state index contributed by atoms with van der Waals surface area (Å²) in [4.78, 5) is 11.7. The van der Waals surface area contributed by atoms with Crippen LogP contribution in [0.4, 0.5) is 5.69 Å². The van der Waals surface area contributed by atoms with Crippen molar-refractivity contribution in [1.82, 2.24) is 0 Å². The average Bonchev–Trinajstić information content (AvgIpc) is 2.53. The van der Waals surface area contributed by atoms with Gasteiger partial charge in [-0.2, -0.15) is 0 Å². The van der Waals surface area contributed by atoms with E-state index in [0.29, 0.717) is 17.9 Å². The van der Waals surface area contributed by atoms with Crippen LogP contribution in [0.3, 0.4) is 0 Å². The van der Waals surface area contributed by atoms with Crippen LogP contribution in [0.5, 0.6) is 0 Å². The average molecular weight is 347 g/mol. The minimum atomic E-state index is -3.46. The Morgan fingerprint density at radius 1 is 1.08 bits per heavy atom. The van der Waals surface area contributed by atoms with Gasteiger partial charge in [0.2, 0.25) is 10.0 Å². The van der Waals surface area contributed by atoms with Crippen molar-refractivity contribution in [3.05, 3.63) is 65.2 Å². The van der Waals surface area contributed by atoms with Gasteiger partial charge in [0.15, 0.2) is 0 Å². The molecule has 2 rings (SSSR count). The third kappa shape index (κ3) is 4.35. The summed E-state index contributed by atoms with van der Waals surface area (Å²) in [7, 11) is -3.46. The Hall–Kier alpha value is -2.34. The molecule has 2 aromatic rings. The Bertz CT molecular complexity index is 813. The quantitative estimate of drug-likeness (QED) is 0.753. The van der Waals surface area contributed by atoms with Crippen LogP contribution in [0.1, 0.15) is 28.4 Å². The zero-order valence-corrected chi connectivity index (χ0v) is 14.8. The first-order valence-electron chi connectivity index (χ1n) is 7.62. The fraction of sp³-hybridized carbons (Fsp3) is 0.278. The molecule has 5 nitrogen and oxygen atoms in total. The van der Waals surface area contributed by atoms with E-state index in [1.54, 1.807) is 31.2 Å². The van der Waals surface area contributed by atoms with E-state index in [9.17, 15) is 13.2 Å². The van der Waals surface area contributed by atoms with Crippen molar-refractivity contribution in [1.29, 1.82) is 0 Å². The highest BCUT2D eigenvalue weighted by molar-refractivity contribution is 7.92. The van der Waals surface area contributed by atoms with Crippen molar-refractivity contribution in [2.24, 2.45) is 0 Å². The second kappa shape index (κ2) is 7.49. The molecule has 6 heteroatoms. The van der Waals surface area contributed by atoms with Crippen LogP contribution in [0.2, 0.25) is 0 Å². The van der Waals surface area contributed by atoms with Crippen molar-refractivity contribution in [3.8, 4) is 0 Å². The first-order chi connectivity index (χ1) is 11.3. The van der Waals surface area contributed by atoms with E-state index in [-0.39, 0.29) is 6.54 Å². The van der Waals surface area contributed by atoms with Crippen molar-refractivity contribution < 1.29 is 17.9 Å². The maximum atomic E-state index is 12.2. The topological polar surface area (TPSA) is 63.7 Å². The Morgan fingerprint density at radius 3 is 2.25 bits per heavy atom. The van der Waals surface area contributed by atoms with Gasteiger partial charge in [-0.1, -0.05) is 24.3 Å². The van der Waals surface area contributed by atoms with Gasteiger partial charge in [0, 0.05) is 0 Å². The predicted octanol–water partition coefficient (Wildman–Crippen LogP) is 3.14. The Kier molecular flexibility index (Phi) is 5.62. The molecule has 0 spiro atoms. The van der Waals surface area contributed by atoms with Gasteiger partial charge in [0.1, 0.15) is 0 Å². The number of carbonyl (C=O) groups excluding carboxylic acids is 1. The van der Waals surface area contributed by atoms with Gasteiger partial charge in [-0.05, 0) is 49.2 Å². The minimum Gasteiger partial charge on any atom is -0.462 e. The molecule has 2 aromatic carbocycles. The van der Waals surface area contributed by atoms with Crippen molar-refractivity contribution in [2.45, 2.75) is 20.4 Å². The third-order valence-electron chi connectivity index (χ3n) is 3.64. The van der Waals surface area contributed by atoms with Gasteiger partial charge >= 0.3 is 5.97 Å². The van der Waals surface area contributed by atoms with Crippen LogP contribution in [-0.4, -0.2) is 27.2 Å². The molecule has 0 aromatic heterocycles. The van der Waals surface area contributed by atoms with Crippen molar-refractivity contribution in [3.63, 3.8) is 0 Å². The SMILES string of the molecule is CCOC(=O)c1ccc(N(Cc2ccccc2C)S(C)(=O)=O)cc1. The van der Waals surface area contributed by atoms with Crippen LogP contribution >= 0.6 is 0 Å². The maximum absolute atomic E-state index is 12.2. The number of nitrogens with zero attached hydrogens (tertiary/aromatic N) is 1. The van der Waals surface area contributed by atoms with Crippen LogP contribution < -0.4 is 4.31 Å². The minimum absolute atomic E-state index is 0.240. The molecule has 0 aliphatic heterocycles. The molecule has 24 heavy (non-hydrogen) atoms. The fourth-order valence-electron chi connectivity index (χ4n) is 2.32. The number of aryl methyl sites for hydroxylation is 1. The summed E-state index contributed by atoms with van der Waals surface area (Å²) in [5.74, 6) is -0.422. The van der Waals surface area contributed by atoms with Gasteiger partial charge in [0.05, 0.1) is 30.7 Å². The second-order valence-electron chi connectivity index (χ2n) is 5.46. The van der Waals surface area contributed by atoms with E-state index in [1.165, 1.54) is 10.6 Å². The van der Waals surface area contributed by atoms with Crippen LogP contribution in [-0.2, 0) is 21.3 Å². The Labute approximate surface area is 142 Å². The molecule has 0 aliphatic carbocycles. The lowest BCUT2D eigenvalue weighted by molar-refractivity contribution is 0.0526. The molecule has 0 radical (unpaired) electrons. The summed E-state index contributed by atoms with van der Waals surface area (Å²) in [6.07, 6.45) is 1.17. The van der Waals surface area contributed by atoms with Gasteiger partial charge in [-0.15, -0.1) is 0 Å². The largest absolute Gasteiger partial charge is 0.462 e. The third-order valence-corrected chi connectivity index (χ3v) is 4.78. The summed E-state index contributed by atoms with van der Waals surface area (Å²) >= 11 is 0. The molecule has 0 unspecified atom stereocenters. The zero-order valence-electron chi connectivity index (χ0n) is 14.0. The lowest BCUT2D eigenvalue weighted by atomic mass is 10.1. The van der Waals surface area contributed by atoms with E-state index < -0.39 is 16.0 Å². The van der Waals surface area contributed by atoms with Gasteiger partial charge in [-0.25, -0.2) is 13.2 Å². The number of benzene rings is 2. The molecule has 0 atom stereocenters. The summed E-state index contributed by atoms with van der Waals surface area (Å²) in [5, 5.41) is 0. The number of rotatable bonds is 6. The van der Waals surface area contributed by atoms with E-state index in [1.807, 2.05) is 31.2 Å². The highest BCUT2D eigenvalue weighted by Gasteiger charge is 2.19. The summed E-state index contributed by atoms with van der Waals surface area (Å²) in [5.41, 5.74) is 2.85. The van der Waals surface area contributed by atoms with Crippen molar-refractivity contribution >= 4 is 21.7 Å². The highest BCUT2D eigenvalue weighted by Crippen LogP contribution is 2.22. The van der Waals surface area contributed by atoms with Crippen molar-refractivity contribution in [2.75, 3.05) is 17.2 Å². The molecule has 0 N–H and O–H groups in total. The number of anilines is 1. The second-order valence-corrected chi connectivity index (χ2v) is 7.37. The van der Waals surface area contributed by atoms with E-state index in [0.717, 1.165) is 11.1 Å². The molecule has 0 heterocycles. The number of ether oxygens (including phenoxy) is 1. The lowest BCUT2D eigenvalue weighted by Gasteiger charge is -2.23. The lowest BCUT2D eigenvalue weighted by Crippen LogP contribution is -2.29. The number of sulfonamides is 1. The van der Waals surface area contributed by atoms with E-state index in [2.05, 4.69) is 0 Å². The van der Waals surface area contributed by atoms with Gasteiger partial charge in [-0.3, -0.25) is 4.31 Å². The first-order valence-corrected chi connectivity index (χ1v) is 9.47. The molecule has 0 saturated carbocycles. The number of hydrogen-bond acceptors (Lipinski definition) is 4. The van der Waals surface area contributed by atoms with E-state index >= 15 is 0 Å². The summed E-state index contributed by atoms with van der Waals surface area (Å²) in [6, 6.07) is 14.0. The molecule has 0 amide bonds. The van der Waals surface area contributed by atoms with Crippen LogP contribution in [0.15, 0.2) is 48.5 Å². The highest BCUT2D eigenvalue weighted by atomic mass is 32.2. The Balaban J connectivity index is 2.32. The van der Waals surface area contributed by atoms with Crippen LogP contribution in [0.25, 0.3) is 0 Å².